The van der Waals surface area contributed by atoms with Crippen LogP contribution in [0.25, 0.3) is 0 Å². The second-order valence-corrected chi connectivity index (χ2v) is 9.63. The van der Waals surface area contributed by atoms with E-state index in [0.29, 0.717) is 23.7 Å². The lowest BCUT2D eigenvalue weighted by Gasteiger charge is -2.22. The summed E-state index contributed by atoms with van der Waals surface area (Å²) in [7, 11) is -3.37. The fraction of sp³-hybridized carbons (Fsp3) is 0.333. The predicted octanol–water partition coefficient (Wildman–Crippen LogP) is 2.27. The molecule has 8 nitrogen and oxygen atoms in total. The van der Waals surface area contributed by atoms with Gasteiger partial charge in [-0.25, -0.2) is 17.6 Å². The van der Waals surface area contributed by atoms with Crippen LogP contribution in [0.5, 0.6) is 5.75 Å². The van der Waals surface area contributed by atoms with Gasteiger partial charge in [-0.3, -0.25) is 9.69 Å². The molecule has 2 fully saturated rings. The molecule has 0 unspecified atom stereocenters. The molecule has 10 heteroatoms. The number of amides is 3. The maximum atomic E-state index is 13.3. The van der Waals surface area contributed by atoms with Gasteiger partial charge in [0, 0.05) is 11.4 Å². The van der Waals surface area contributed by atoms with Gasteiger partial charge in [0.1, 0.15) is 18.1 Å². The highest BCUT2D eigenvalue weighted by Crippen LogP contribution is 2.35. The Hall–Kier alpha value is -3.14. The summed E-state index contributed by atoms with van der Waals surface area (Å²) in [4.78, 5) is 28.3. The number of ether oxygens (including phenoxy) is 1. The second kappa shape index (κ2) is 8.18. The molecule has 1 N–H and O–H groups in total. The summed E-state index contributed by atoms with van der Waals surface area (Å²) in [5, 5.41) is 2.72. The number of benzene rings is 2. The van der Waals surface area contributed by atoms with Gasteiger partial charge in [-0.15, -0.1) is 0 Å². The molecule has 0 aromatic heterocycles. The number of hydrogen-bond acceptors (Lipinski definition) is 5. The van der Waals surface area contributed by atoms with Crippen molar-refractivity contribution in [3.63, 3.8) is 0 Å². The number of fused-ring (bicyclic) bond motifs is 1. The average Bonchev–Trinajstić information content (AvgIpc) is 3.15. The van der Waals surface area contributed by atoms with E-state index in [2.05, 4.69) is 5.32 Å². The highest BCUT2D eigenvalue weighted by molar-refractivity contribution is 7.91. The van der Waals surface area contributed by atoms with Crippen LogP contribution >= 0.6 is 0 Å². The number of anilines is 2. The maximum absolute atomic E-state index is 13.3. The van der Waals surface area contributed by atoms with E-state index in [1.54, 1.807) is 24.3 Å². The molecular formula is C21H22FN3O5S. The molecule has 3 amide bonds. The van der Waals surface area contributed by atoms with Gasteiger partial charge in [0.25, 0.3) is 0 Å². The number of carbonyl (C=O) groups excluding carboxylic acids is 2. The SMILES string of the molecule is CCOc1ccc(NC(=O)CN2C(=O)N(c3ccc(F)cc3)[C@H]3CS(=O)(=O)C[C@H]32)cc1. The van der Waals surface area contributed by atoms with Crippen molar-refractivity contribution in [3.05, 3.63) is 54.3 Å². The van der Waals surface area contributed by atoms with Gasteiger partial charge in [-0.1, -0.05) is 0 Å². The number of sulfone groups is 1. The zero-order chi connectivity index (χ0) is 22.2. The van der Waals surface area contributed by atoms with Gasteiger partial charge in [0.15, 0.2) is 9.84 Å². The molecule has 0 aliphatic carbocycles. The highest BCUT2D eigenvalue weighted by Gasteiger charge is 2.54. The van der Waals surface area contributed by atoms with E-state index in [0.717, 1.165) is 0 Å². The first kappa shape index (κ1) is 21.1. The Kier molecular flexibility index (Phi) is 5.57. The predicted molar refractivity (Wildman–Crippen MR) is 113 cm³/mol. The Bertz CT molecular complexity index is 1090. The molecule has 4 rings (SSSR count). The summed E-state index contributed by atoms with van der Waals surface area (Å²) >= 11 is 0. The van der Waals surface area contributed by atoms with Crippen molar-refractivity contribution in [2.45, 2.75) is 19.0 Å². The van der Waals surface area contributed by atoms with Crippen molar-refractivity contribution in [1.29, 1.82) is 0 Å². The number of nitrogens with zero attached hydrogens (tertiary/aromatic N) is 2. The number of rotatable bonds is 6. The molecule has 2 aromatic carbocycles. The molecule has 0 saturated carbocycles. The number of nitrogens with one attached hydrogen (secondary N) is 1. The van der Waals surface area contributed by atoms with Crippen LogP contribution in [0.4, 0.5) is 20.6 Å². The Labute approximate surface area is 179 Å². The smallest absolute Gasteiger partial charge is 0.325 e. The molecule has 0 radical (unpaired) electrons. The van der Waals surface area contributed by atoms with Gasteiger partial charge in [0.2, 0.25) is 5.91 Å². The van der Waals surface area contributed by atoms with Gasteiger partial charge < -0.3 is 15.0 Å². The lowest BCUT2D eigenvalue weighted by molar-refractivity contribution is -0.116. The summed E-state index contributed by atoms with van der Waals surface area (Å²) in [5.41, 5.74) is 0.930. The fourth-order valence-corrected chi connectivity index (χ4v) is 5.97. The third-order valence-corrected chi connectivity index (χ3v) is 7.04. The second-order valence-electron chi connectivity index (χ2n) is 7.47. The number of halogens is 1. The average molecular weight is 447 g/mol. The van der Waals surface area contributed by atoms with Crippen molar-refractivity contribution < 1.29 is 27.1 Å². The van der Waals surface area contributed by atoms with Crippen molar-refractivity contribution in [2.75, 3.05) is 34.9 Å². The quantitative estimate of drug-likeness (QED) is 0.686. The van der Waals surface area contributed by atoms with E-state index < -0.39 is 39.7 Å². The Balaban J connectivity index is 1.52. The van der Waals surface area contributed by atoms with Crippen LogP contribution in [0.1, 0.15) is 6.92 Å². The lowest BCUT2D eigenvalue weighted by Crippen LogP contribution is -2.42. The van der Waals surface area contributed by atoms with E-state index in [4.69, 9.17) is 4.74 Å². The molecule has 0 spiro atoms. The molecule has 2 saturated heterocycles. The molecule has 2 aliphatic rings. The van der Waals surface area contributed by atoms with Crippen LogP contribution in [0, 0.1) is 5.82 Å². The van der Waals surface area contributed by atoms with Gasteiger partial charge in [-0.2, -0.15) is 0 Å². The van der Waals surface area contributed by atoms with E-state index in [1.165, 1.54) is 34.1 Å². The van der Waals surface area contributed by atoms with Gasteiger partial charge in [0.05, 0.1) is 30.2 Å². The minimum absolute atomic E-state index is 0.197. The molecule has 2 heterocycles. The van der Waals surface area contributed by atoms with E-state index in [-0.39, 0.29) is 18.1 Å². The van der Waals surface area contributed by atoms with Crippen molar-refractivity contribution in [3.8, 4) is 5.75 Å². The van der Waals surface area contributed by atoms with Crippen LogP contribution in [-0.4, -0.2) is 62.0 Å². The first-order chi connectivity index (χ1) is 14.8. The van der Waals surface area contributed by atoms with Gasteiger partial charge in [-0.05, 0) is 55.5 Å². The minimum atomic E-state index is -3.37. The molecule has 164 valence electrons. The van der Waals surface area contributed by atoms with E-state index in [9.17, 15) is 22.4 Å². The van der Waals surface area contributed by atoms with E-state index in [1.807, 2.05) is 6.92 Å². The normalized spacial score (nSPS) is 21.8. The zero-order valence-electron chi connectivity index (χ0n) is 16.8. The van der Waals surface area contributed by atoms with Crippen LogP contribution in [0.15, 0.2) is 48.5 Å². The lowest BCUT2D eigenvalue weighted by atomic mass is 10.1. The largest absolute Gasteiger partial charge is 0.494 e. The summed E-state index contributed by atoms with van der Waals surface area (Å²) in [5.74, 6) is -0.641. The number of hydrogen-bond donors (Lipinski definition) is 1. The zero-order valence-corrected chi connectivity index (χ0v) is 17.6. The monoisotopic (exact) mass is 447 g/mol. The molecule has 0 bridgehead atoms. The topological polar surface area (TPSA) is 96.0 Å². The number of urea groups is 1. The third-order valence-electron chi connectivity index (χ3n) is 5.35. The first-order valence-corrected chi connectivity index (χ1v) is 11.7. The summed E-state index contributed by atoms with van der Waals surface area (Å²) in [6, 6.07) is 10.3. The fourth-order valence-electron chi connectivity index (χ4n) is 4.02. The Morgan fingerprint density at radius 2 is 1.74 bits per heavy atom. The summed E-state index contributed by atoms with van der Waals surface area (Å²) in [6.45, 7) is 2.10. The first-order valence-electron chi connectivity index (χ1n) is 9.86. The van der Waals surface area contributed by atoms with Crippen LogP contribution in [0.3, 0.4) is 0 Å². The van der Waals surface area contributed by atoms with Crippen LogP contribution in [-0.2, 0) is 14.6 Å². The summed E-state index contributed by atoms with van der Waals surface area (Å²) in [6.07, 6.45) is 0. The molecule has 2 aliphatic heterocycles. The van der Waals surface area contributed by atoms with Crippen LogP contribution < -0.4 is 15.0 Å². The van der Waals surface area contributed by atoms with Crippen LogP contribution in [0.2, 0.25) is 0 Å². The Morgan fingerprint density at radius 3 is 2.39 bits per heavy atom. The third kappa shape index (κ3) is 4.34. The Morgan fingerprint density at radius 1 is 1.10 bits per heavy atom. The molecular weight excluding hydrogens is 425 g/mol. The molecule has 31 heavy (non-hydrogen) atoms. The van der Waals surface area contributed by atoms with E-state index >= 15 is 0 Å². The maximum Gasteiger partial charge on any atom is 0.325 e. The summed E-state index contributed by atoms with van der Waals surface area (Å²) < 4.78 is 43.2. The van der Waals surface area contributed by atoms with Gasteiger partial charge >= 0.3 is 6.03 Å². The molecule has 2 atom stereocenters. The number of carbonyl (C=O) groups is 2. The van der Waals surface area contributed by atoms with Crippen molar-refractivity contribution in [1.82, 2.24) is 4.90 Å². The van der Waals surface area contributed by atoms with Crippen molar-refractivity contribution >= 4 is 33.2 Å². The molecule has 2 aromatic rings. The highest BCUT2D eigenvalue weighted by atomic mass is 32.2. The van der Waals surface area contributed by atoms with Crippen molar-refractivity contribution in [2.24, 2.45) is 0 Å². The standard InChI is InChI=1S/C21H22FN3O5S/c1-2-30-17-9-5-15(6-10-17)23-20(26)11-24-18-12-31(28,29)13-19(18)25(21(24)27)16-7-3-14(22)4-8-16/h3-10,18-19H,2,11-13H2,1H3,(H,23,26)/t18-,19+/m1/s1. The minimum Gasteiger partial charge on any atom is -0.494 e.